The highest BCUT2D eigenvalue weighted by Crippen LogP contribution is 2.42. The first-order valence-corrected chi connectivity index (χ1v) is 5.50. The summed E-state index contributed by atoms with van der Waals surface area (Å²) in [5.41, 5.74) is 0. The third-order valence-electron chi connectivity index (χ3n) is 3.81. The van der Waals surface area contributed by atoms with Gasteiger partial charge in [-0.25, -0.2) is 0 Å². The summed E-state index contributed by atoms with van der Waals surface area (Å²) in [6.45, 7) is 2.59. The molecule has 1 saturated heterocycles. The van der Waals surface area contributed by atoms with Crippen LogP contribution >= 0.6 is 0 Å². The molecule has 3 nitrogen and oxygen atoms in total. The summed E-state index contributed by atoms with van der Waals surface area (Å²) in [4.78, 5) is 2.47. The second-order valence-corrected chi connectivity index (χ2v) is 4.85. The zero-order chi connectivity index (χ0) is 9.54. The predicted molar refractivity (Wildman–Crippen MR) is 55.0 cm³/mol. The van der Waals surface area contributed by atoms with Gasteiger partial charge in [-0.2, -0.15) is 5.10 Å². The minimum Gasteiger partial charge on any atom is -0.306 e. The van der Waals surface area contributed by atoms with Crippen molar-refractivity contribution in [3.63, 3.8) is 0 Å². The summed E-state index contributed by atoms with van der Waals surface area (Å²) in [6, 6.07) is 2.70. The maximum atomic E-state index is 4.35. The molecule has 0 spiro atoms. The normalized spacial score (nSPS) is 37.6. The van der Waals surface area contributed by atoms with Gasteiger partial charge >= 0.3 is 0 Å². The Kier molecular flexibility index (Phi) is 1.87. The van der Waals surface area contributed by atoms with Crippen molar-refractivity contribution in [3.05, 3.63) is 18.5 Å². The van der Waals surface area contributed by atoms with E-state index in [-0.39, 0.29) is 0 Å². The van der Waals surface area contributed by atoms with Crippen molar-refractivity contribution in [2.45, 2.75) is 18.9 Å². The molecule has 1 aromatic heterocycles. The molecule has 0 radical (unpaired) electrons. The van der Waals surface area contributed by atoms with Crippen LogP contribution in [0.2, 0.25) is 0 Å². The van der Waals surface area contributed by atoms with Gasteiger partial charge < -0.3 is 4.90 Å². The first-order valence-electron chi connectivity index (χ1n) is 5.50. The number of likely N-dealkylation sites (tertiary alicyclic amines) is 1. The fraction of sp³-hybridized carbons (Fsp3) is 0.727. The molecule has 1 aliphatic heterocycles. The fourth-order valence-corrected chi connectivity index (χ4v) is 3.22. The standard InChI is InChI=1S/C11H17N3/c1-13-7-9-5-11(6-10(9)8-13)14-4-2-3-12-14/h2-4,9-11H,5-8H2,1H3. The van der Waals surface area contributed by atoms with Crippen LogP contribution in [0.15, 0.2) is 18.5 Å². The van der Waals surface area contributed by atoms with Crippen LogP contribution in [0.5, 0.6) is 0 Å². The highest BCUT2D eigenvalue weighted by molar-refractivity contribution is 4.94. The summed E-state index contributed by atoms with van der Waals surface area (Å²) in [5.74, 6) is 1.85. The zero-order valence-corrected chi connectivity index (χ0v) is 8.63. The Balaban J connectivity index is 1.73. The molecule has 2 unspecified atom stereocenters. The maximum Gasteiger partial charge on any atom is 0.0525 e. The lowest BCUT2D eigenvalue weighted by Gasteiger charge is -2.14. The summed E-state index contributed by atoms with van der Waals surface area (Å²) < 4.78 is 2.15. The summed E-state index contributed by atoms with van der Waals surface area (Å²) in [5, 5.41) is 4.35. The van der Waals surface area contributed by atoms with Crippen molar-refractivity contribution in [2.75, 3.05) is 20.1 Å². The van der Waals surface area contributed by atoms with Crippen molar-refractivity contribution in [1.29, 1.82) is 0 Å². The van der Waals surface area contributed by atoms with Crippen LogP contribution in [-0.4, -0.2) is 34.8 Å². The van der Waals surface area contributed by atoms with Gasteiger partial charge in [0.1, 0.15) is 0 Å². The highest BCUT2D eigenvalue weighted by atomic mass is 15.3. The van der Waals surface area contributed by atoms with Gasteiger partial charge in [0.2, 0.25) is 0 Å². The van der Waals surface area contributed by atoms with Gasteiger partial charge in [-0.15, -0.1) is 0 Å². The molecule has 0 bridgehead atoms. The number of hydrogen-bond donors (Lipinski definition) is 0. The van der Waals surface area contributed by atoms with E-state index in [2.05, 4.69) is 27.9 Å². The van der Waals surface area contributed by atoms with Gasteiger partial charge in [-0.05, 0) is 37.8 Å². The minimum absolute atomic E-state index is 0.675. The molecule has 2 heterocycles. The molecule has 0 aromatic carbocycles. The third-order valence-corrected chi connectivity index (χ3v) is 3.81. The lowest BCUT2D eigenvalue weighted by atomic mass is 10.0. The second-order valence-electron chi connectivity index (χ2n) is 4.85. The van der Waals surface area contributed by atoms with E-state index in [1.807, 2.05) is 12.3 Å². The second kappa shape index (κ2) is 3.09. The SMILES string of the molecule is CN1CC2CC(n3cccn3)CC2C1. The summed E-state index contributed by atoms with van der Waals surface area (Å²) in [7, 11) is 2.24. The van der Waals surface area contributed by atoms with E-state index in [0.29, 0.717) is 6.04 Å². The number of hydrogen-bond acceptors (Lipinski definition) is 2. The number of fused-ring (bicyclic) bond motifs is 1. The van der Waals surface area contributed by atoms with E-state index >= 15 is 0 Å². The quantitative estimate of drug-likeness (QED) is 0.669. The van der Waals surface area contributed by atoms with E-state index in [4.69, 9.17) is 0 Å². The molecule has 1 aromatic rings. The van der Waals surface area contributed by atoms with Crippen LogP contribution in [0, 0.1) is 11.8 Å². The lowest BCUT2D eigenvalue weighted by Crippen LogP contribution is -2.17. The molecule has 3 rings (SSSR count). The monoisotopic (exact) mass is 191 g/mol. The first-order chi connectivity index (χ1) is 6.83. The Hall–Kier alpha value is -0.830. The van der Waals surface area contributed by atoms with Crippen molar-refractivity contribution in [3.8, 4) is 0 Å². The van der Waals surface area contributed by atoms with E-state index in [0.717, 1.165) is 11.8 Å². The van der Waals surface area contributed by atoms with Crippen molar-refractivity contribution < 1.29 is 0 Å². The molecule has 0 N–H and O–H groups in total. The number of rotatable bonds is 1. The lowest BCUT2D eigenvalue weighted by molar-refractivity contribution is 0.343. The summed E-state index contributed by atoms with van der Waals surface area (Å²) >= 11 is 0. The van der Waals surface area contributed by atoms with Crippen molar-refractivity contribution in [1.82, 2.24) is 14.7 Å². The van der Waals surface area contributed by atoms with Gasteiger partial charge in [0.15, 0.2) is 0 Å². The Morgan fingerprint density at radius 1 is 1.21 bits per heavy atom. The van der Waals surface area contributed by atoms with E-state index < -0.39 is 0 Å². The van der Waals surface area contributed by atoms with Crippen LogP contribution < -0.4 is 0 Å². The Morgan fingerprint density at radius 3 is 2.50 bits per heavy atom. The third kappa shape index (κ3) is 1.27. The Morgan fingerprint density at radius 2 is 1.93 bits per heavy atom. The predicted octanol–water partition coefficient (Wildman–Crippen LogP) is 1.40. The highest BCUT2D eigenvalue weighted by Gasteiger charge is 2.40. The van der Waals surface area contributed by atoms with Crippen LogP contribution in [-0.2, 0) is 0 Å². The van der Waals surface area contributed by atoms with Gasteiger partial charge in [0.25, 0.3) is 0 Å². The molecule has 2 atom stereocenters. The molecule has 2 fully saturated rings. The van der Waals surface area contributed by atoms with Gasteiger partial charge in [-0.3, -0.25) is 4.68 Å². The number of nitrogens with zero attached hydrogens (tertiary/aromatic N) is 3. The minimum atomic E-state index is 0.675. The molecule has 1 saturated carbocycles. The Bertz CT molecular complexity index is 292. The van der Waals surface area contributed by atoms with Crippen molar-refractivity contribution in [2.24, 2.45) is 11.8 Å². The molecule has 2 aliphatic rings. The summed E-state index contributed by atoms with van der Waals surface area (Å²) in [6.07, 6.45) is 6.66. The van der Waals surface area contributed by atoms with Crippen LogP contribution in [0.25, 0.3) is 0 Å². The fourth-order valence-electron chi connectivity index (χ4n) is 3.22. The molecular weight excluding hydrogens is 174 g/mol. The van der Waals surface area contributed by atoms with Gasteiger partial charge in [0, 0.05) is 25.5 Å². The van der Waals surface area contributed by atoms with E-state index in [9.17, 15) is 0 Å². The van der Waals surface area contributed by atoms with Gasteiger partial charge in [0.05, 0.1) is 6.04 Å². The largest absolute Gasteiger partial charge is 0.306 e. The van der Waals surface area contributed by atoms with Crippen molar-refractivity contribution >= 4 is 0 Å². The smallest absolute Gasteiger partial charge is 0.0525 e. The maximum absolute atomic E-state index is 4.35. The molecule has 3 heteroatoms. The van der Waals surface area contributed by atoms with E-state index in [1.165, 1.54) is 25.9 Å². The molecule has 14 heavy (non-hydrogen) atoms. The first kappa shape index (κ1) is 8.48. The van der Waals surface area contributed by atoms with Crippen LogP contribution in [0.1, 0.15) is 18.9 Å². The average Bonchev–Trinajstić information content (AvgIpc) is 2.74. The zero-order valence-electron chi connectivity index (χ0n) is 8.63. The number of aromatic nitrogens is 2. The molecule has 1 aliphatic carbocycles. The molecular formula is C11H17N3. The van der Waals surface area contributed by atoms with E-state index in [1.54, 1.807) is 0 Å². The van der Waals surface area contributed by atoms with Crippen LogP contribution in [0.4, 0.5) is 0 Å². The molecule has 0 amide bonds. The average molecular weight is 191 g/mol. The van der Waals surface area contributed by atoms with Crippen LogP contribution in [0.3, 0.4) is 0 Å². The Labute approximate surface area is 84.7 Å². The van der Waals surface area contributed by atoms with Gasteiger partial charge in [-0.1, -0.05) is 0 Å². The molecule has 76 valence electrons. The topological polar surface area (TPSA) is 21.1 Å².